The highest BCUT2D eigenvalue weighted by molar-refractivity contribution is 9.10. The highest BCUT2D eigenvalue weighted by Crippen LogP contribution is 2.32. The number of fused-ring (bicyclic) bond motifs is 3. The highest BCUT2D eigenvalue weighted by Gasteiger charge is 2.16. The molecule has 2 aromatic carbocycles. The van der Waals surface area contributed by atoms with Crippen molar-refractivity contribution in [2.24, 2.45) is 0 Å². The number of nitrogens with one attached hydrogen (secondary N) is 2. The van der Waals surface area contributed by atoms with Gasteiger partial charge in [0.1, 0.15) is 23.2 Å². The monoisotopic (exact) mass is 483 g/mol. The van der Waals surface area contributed by atoms with Crippen LogP contribution in [0.1, 0.15) is 10.4 Å². The Morgan fingerprint density at radius 2 is 2.03 bits per heavy atom. The molecule has 7 nitrogen and oxygen atoms in total. The Hall–Kier alpha value is -3.36. The second kappa shape index (κ2) is 7.16. The van der Waals surface area contributed by atoms with Gasteiger partial charge in [0.2, 0.25) is 5.58 Å². The van der Waals surface area contributed by atoms with Crippen molar-refractivity contribution in [3.8, 4) is 11.4 Å². The molecule has 1 amide bonds. The van der Waals surface area contributed by atoms with Gasteiger partial charge in [0.25, 0.3) is 11.5 Å². The maximum atomic E-state index is 12.6. The van der Waals surface area contributed by atoms with Gasteiger partial charge in [-0.2, -0.15) is 0 Å². The van der Waals surface area contributed by atoms with Crippen molar-refractivity contribution in [2.45, 2.75) is 0 Å². The molecule has 0 aliphatic heterocycles. The lowest BCUT2D eigenvalue weighted by Crippen LogP contribution is -2.11. The quantitative estimate of drug-likeness (QED) is 0.347. The van der Waals surface area contributed by atoms with E-state index in [2.05, 4.69) is 31.2 Å². The minimum Gasteiger partial charge on any atom is -0.472 e. The summed E-state index contributed by atoms with van der Waals surface area (Å²) in [7, 11) is 0. The number of hydrogen-bond donors (Lipinski definition) is 2. The van der Waals surface area contributed by atoms with E-state index in [0.29, 0.717) is 44.1 Å². The summed E-state index contributed by atoms with van der Waals surface area (Å²) in [5.41, 5.74) is 2.15. The van der Waals surface area contributed by atoms with Crippen LogP contribution in [0.25, 0.3) is 33.5 Å². The number of aromatic nitrogens is 2. The second-order valence-electron chi connectivity index (χ2n) is 6.50. The molecule has 0 aliphatic rings. The second-order valence-corrected chi connectivity index (χ2v) is 7.82. The molecule has 9 heteroatoms. The molecule has 0 bridgehead atoms. The van der Waals surface area contributed by atoms with E-state index < -0.39 is 5.56 Å². The van der Waals surface area contributed by atoms with Crippen molar-refractivity contribution in [1.82, 2.24) is 9.97 Å². The minimum atomic E-state index is -0.407. The van der Waals surface area contributed by atoms with Gasteiger partial charge in [-0.25, -0.2) is 4.98 Å². The summed E-state index contributed by atoms with van der Waals surface area (Å²) in [5, 5.41) is 3.77. The molecule has 5 aromatic rings. The lowest BCUT2D eigenvalue weighted by molar-refractivity contribution is 0.102. The van der Waals surface area contributed by atoms with E-state index in [0.717, 1.165) is 4.47 Å². The van der Waals surface area contributed by atoms with Gasteiger partial charge in [-0.1, -0.05) is 27.5 Å². The first-order valence-corrected chi connectivity index (χ1v) is 9.92. The number of carbonyl (C=O) groups excluding carboxylic acids is 1. The molecule has 0 saturated carbocycles. The van der Waals surface area contributed by atoms with E-state index in [-0.39, 0.29) is 11.5 Å². The topological polar surface area (TPSA) is 101 Å². The van der Waals surface area contributed by atoms with Gasteiger partial charge >= 0.3 is 0 Å². The van der Waals surface area contributed by atoms with E-state index >= 15 is 0 Å². The average molecular weight is 485 g/mol. The standard InChI is InChI=1S/C21H11BrClN3O4/c22-11-1-4-16-14(7-11)17-18(30-16)21(28)26-19(25-17)13-3-2-12(8-15(13)23)24-20(27)10-5-6-29-9-10/h1-9H,(H,24,27)(H,25,26,28). The Bertz CT molecular complexity index is 1490. The fraction of sp³-hybridized carbons (Fsp3) is 0. The predicted molar refractivity (Wildman–Crippen MR) is 117 cm³/mol. The van der Waals surface area contributed by atoms with Crippen LogP contribution >= 0.6 is 27.5 Å². The van der Waals surface area contributed by atoms with Crippen LogP contribution in [0.2, 0.25) is 5.02 Å². The highest BCUT2D eigenvalue weighted by atomic mass is 79.9. The van der Waals surface area contributed by atoms with E-state index in [9.17, 15) is 9.59 Å². The average Bonchev–Trinajstić information content (AvgIpc) is 3.37. The van der Waals surface area contributed by atoms with Gasteiger partial charge in [-0.05, 0) is 42.5 Å². The number of anilines is 1. The Morgan fingerprint density at radius 3 is 2.80 bits per heavy atom. The van der Waals surface area contributed by atoms with E-state index in [1.165, 1.54) is 12.5 Å². The van der Waals surface area contributed by atoms with Crippen molar-refractivity contribution in [3.63, 3.8) is 0 Å². The van der Waals surface area contributed by atoms with Gasteiger partial charge in [0, 0.05) is 21.1 Å². The van der Waals surface area contributed by atoms with Gasteiger partial charge in [0.05, 0.1) is 16.8 Å². The number of rotatable bonds is 3. The Labute approximate surface area is 181 Å². The Morgan fingerprint density at radius 1 is 1.17 bits per heavy atom. The largest absolute Gasteiger partial charge is 0.472 e. The smallest absolute Gasteiger partial charge is 0.294 e. The molecular formula is C21H11BrClN3O4. The molecule has 148 valence electrons. The third-order valence-electron chi connectivity index (χ3n) is 4.55. The zero-order chi connectivity index (χ0) is 20.8. The van der Waals surface area contributed by atoms with Crippen LogP contribution in [0, 0.1) is 0 Å². The maximum absolute atomic E-state index is 12.6. The van der Waals surface area contributed by atoms with Crippen LogP contribution in [-0.2, 0) is 0 Å². The summed E-state index contributed by atoms with van der Waals surface area (Å²) >= 11 is 9.85. The number of H-pyrrole nitrogens is 1. The number of aromatic amines is 1. The molecule has 30 heavy (non-hydrogen) atoms. The van der Waals surface area contributed by atoms with Gasteiger partial charge in [-0.15, -0.1) is 0 Å². The number of nitrogens with zero attached hydrogens (tertiary/aromatic N) is 1. The molecule has 0 fully saturated rings. The summed E-state index contributed by atoms with van der Waals surface area (Å²) in [6.07, 6.45) is 2.77. The van der Waals surface area contributed by atoms with Crippen molar-refractivity contribution in [3.05, 3.63) is 80.4 Å². The summed E-state index contributed by atoms with van der Waals surface area (Å²) in [5.74, 6) is -0.0242. The molecular weight excluding hydrogens is 474 g/mol. The lowest BCUT2D eigenvalue weighted by atomic mass is 10.1. The van der Waals surface area contributed by atoms with Crippen LogP contribution < -0.4 is 10.9 Å². The number of hydrogen-bond acceptors (Lipinski definition) is 5. The molecule has 3 heterocycles. The van der Waals surface area contributed by atoms with Crippen LogP contribution in [0.4, 0.5) is 5.69 Å². The molecule has 0 unspecified atom stereocenters. The molecule has 0 atom stereocenters. The summed E-state index contributed by atoms with van der Waals surface area (Å²) < 4.78 is 11.4. The SMILES string of the molecule is O=C(Nc1ccc(-c2nc3c(oc4ccc(Br)cc43)c(=O)[nH]2)c(Cl)c1)c1ccoc1. The fourth-order valence-electron chi connectivity index (χ4n) is 3.14. The van der Waals surface area contributed by atoms with Crippen molar-refractivity contribution in [1.29, 1.82) is 0 Å². The van der Waals surface area contributed by atoms with Gasteiger partial charge in [0.15, 0.2) is 0 Å². The van der Waals surface area contributed by atoms with E-state index in [1.807, 2.05) is 12.1 Å². The van der Waals surface area contributed by atoms with Crippen LogP contribution in [-0.4, -0.2) is 15.9 Å². The number of halogens is 2. The predicted octanol–water partition coefficient (Wildman–Crippen LogP) is 5.60. The number of amides is 1. The molecule has 3 aromatic heterocycles. The molecule has 0 aliphatic carbocycles. The summed E-state index contributed by atoms with van der Waals surface area (Å²) in [6.45, 7) is 0. The van der Waals surface area contributed by atoms with Crippen molar-refractivity contribution >= 4 is 61.2 Å². The van der Waals surface area contributed by atoms with E-state index in [4.69, 9.17) is 20.4 Å². The summed E-state index contributed by atoms with van der Waals surface area (Å²) in [4.78, 5) is 32.0. The van der Waals surface area contributed by atoms with Crippen molar-refractivity contribution in [2.75, 3.05) is 5.32 Å². The first-order chi connectivity index (χ1) is 14.5. The fourth-order valence-corrected chi connectivity index (χ4v) is 3.77. The zero-order valence-electron chi connectivity index (χ0n) is 15.0. The van der Waals surface area contributed by atoms with Gasteiger partial charge < -0.3 is 19.1 Å². The number of benzene rings is 2. The molecule has 0 radical (unpaired) electrons. The number of carbonyl (C=O) groups is 1. The third kappa shape index (κ3) is 3.20. The van der Waals surface area contributed by atoms with Crippen LogP contribution in [0.3, 0.4) is 0 Å². The van der Waals surface area contributed by atoms with Crippen molar-refractivity contribution < 1.29 is 13.6 Å². The van der Waals surface area contributed by atoms with E-state index in [1.54, 1.807) is 30.3 Å². The maximum Gasteiger partial charge on any atom is 0.294 e. The Balaban J connectivity index is 1.56. The first kappa shape index (κ1) is 18.7. The third-order valence-corrected chi connectivity index (χ3v) is 5.36. The normalized spacial score (nSPS) is 11.3. The number of furan rings is 2. The first-order valence-electron chi connectivity index (χ1n) is 8.75. The molecule has 5 rings (SSSR count). The Kier molecular flexibility index (Phi) is 4.45. The molecule has 0 saturated heterocycles. The zero-order valence-corrected chi connectivity index (χ0v) is 17.4. The minimum absolute atomic E-state index is 0.145. The summed E-state index contributed by atoms with van der Waals surface area (Å²) in [6, 6.07) is 11.9. The molecule has 0 spiro atoms. The van der Waals surface area contributed by atoms with Gasteiger partial charge in [-0.3, -0.25) is 9.59 Å². The lowest BCUT2D eigenvalue weighted by Gasteiger charge is -2.08. The molecule has 2 N–H and O–H groups in total. The van der Waals surface area contributed by atoms with Crippen LogP contribution in [0.15, 0.2) is 73.1 Å². The van der Waals surface area contributed by atoms with Crippen LogP contribution in [0.5, 0.6) is 0 Å².